The molecule has 1 fully saturated rings. The van der Waals surface area contributed by atoms with Gasteiger partial charge >= 0.3 is 0 Å². The molecule has 2 amide bonds. The highest BCUT2D eigenvalue weighted by molar-refractivity contribution is 5.93. The zero-order valence-electron chi connectivity index (χ0n) is 15.0. The first-order valence-electron chi connectivity index (χ1n) is 9.11. The van der Waals surface area contributed by atoms with Gasteiger partial charge in [0.15, 0.2) is 0 Å². The van der Waals surface area contributed by atoms with Gasteiger partial charge in [-0.25, -0.2) is 4.98 Å². The molecule has 1 aliphatic carbocycles. The van der Waals surface area contributed by atoms with E-state index in [1.807, 2.05) is 29.8 Å². The minimum atomic E-state index is 0.0418. The summed E-state index contributed by atoms with van der Waals surface area (Å²) in [6, 6.07) is 5.79. The van der Waals surface area contributed by atoms with Crippen molar-refractivity contribution in [3.05, 3.63) is 24.0 Å². The van der Waals surface area contributed by atoms with Crippen molar-refractivity contribution in [3.8, 4) is 0 Å². The molecular weight excluding hydrogens is 316 g/mol. The van der Waals surface area contributed by atoms with Gasteiger partial charge in [-0.15, -0.1) is 0 Å². The molecule has 1 aliphatic rings. The second kappa shape index (κ2) is 7.68. The van der Waals surface area contributed by atoms with Crippen LogP contribution in [-0.2, 0) is 23.1 Å². The Balaban J connectivity index is 1.63. The fourth-order valence-corrected chi connectivity index (χ4v) is 2.90. The highest BCUT2D eigenvalue weighted by Crippen LogP contribution is 2.28. The quantitative estimate of drug-likeness (QED) is 0.774. The van der Waals surface area contributed by atoms with Crippen LogP contribution in [0.15, 0.2) is 18.2 Å². The van der Waals surface area contributed by atoms with E-state index in [0.717, 1.165) is 48.2 Å². The van der Waals surface area contributed by atoms with Crippen molar-refractivity contribution in [2.24, 2.45) is 13.0 Å². The maximum absolute atomic E-state index is 11.9. The van der Waals surface area contributed by atoms with Crippen molar-refractivity contribution < 1.29 is 9.59 Å². The molecule has 0 atom stereocenters. The van der Waals surface area contributed by atoms with E-state index in [9.17, 15) is 9.59 Å². The number of carbonyl (C=O) groups excluding carboxylic acids is 2. The summed E-state index contributed by atoms with van der Waals surface area (Å²) in [6.07, 6.45) is 5.18. The number of aromatic nitrogens is 2. The zero-order chi connectivity index (χ0) is 17.8. The van der Waals surface area contributed by atoms with E-state index in [2.05, 4.69) is 22.5 Å². The number of amides is 2. The van der Waals surface area contributed by atoms with Gasteiger partial charge in [0.1, 0.15) is 5.82 Å². The van der Waals surface area contributed by atoms with Gasteiger partial charge in [0.05, 0.1) is 11.0 Å². The summed E-state index contributed by atoms with van der Waals surface area (Å²) in [5.41, 5.74) is 2.66. The van der Waals surface area contributed by atoms with Crippen LogP contribution in [0.1, 0.15) is 44.9 Å². The molecule has 1 aromatic carbocycles. The molecule has 1 heterocycles. The Morgan fingerprint density at radius 3 is 2.84 bits per heavy atom. The number of imidazole rings is 1. The van der Waals surface area contributed by atoms with E-state index >= 15 is 0 Å². The number of rotatable bonds is 8. The predicted molar refractivity (Wildman–Crippen MR) is 98.3 cm³/mol. The molecule has 0 spiro atoms. The molecule has 0 saturated heterocycles. The number of fused-ring (bicyclic) bond motifs is 1. The van der Waals surface area contributed by atoms with Crippen LogP contribution in [0, 0.1) is 5.92 Å². The molecule has 3 rings (SSSR count). The zero-order valence-corrected chi connectivity index (χ0v) is 15.0. The molecule has 25 heavy (non-hydrogen) atoms. The Morgan fingerprint density at radius 1 is 1.32 bits per heavy atom. The first kappa shape index (κ1) is 17.5. The lowest BCUT2D eigenvalue weighted by molar-refractivity contribution is -0.122. The summed E-state index contributed by atoms with van der Waals surface area (Å²) < 4.78 is 2.04. The Bertz CT molecular complexity index is 777. The molecular formula is C19H26N4O2. The second-order valence-corrected chi connectivity index (χ2v) is 6.76. The third kappa shape index (κ3) is 4.38. The third-order valence-corrected chi connectivity index (χ3v) is 4.61. The maximum atomic E-state index is 11.9. The highest BCUT2D eigenvalue weighted by Gasteiger charge is 2.29. The van der Waals surface area contributed by atoms with Crippen LogP contribution in [0.25, 0.3) is 11.0 Å². The highest BCUT2D eigenvalue weighted by atomic mass is 16.2. The van der Waals surface area contributed by atoms with Crippen LogP contribution < -0.4 is 10.6 Å². The Labute approximate surface area is 148 Å². The van der Waals surface area contributed by atoms with E-state index in [0.29, 0.717) is 19.4 Å². The number of hydrogen-bond acceptors (Lipinski definition) is 3. The van der Waals surface area contributed by atoms with Crippen LogP contribution in [0.4, 0.5) is 5.69 Å². The number of aryl methyl sites for hydroxylation is 1. The lowest BCUT2D eigenvalue weighted by atomic mass is 10.2. The Hall–Kier alpha value is -2.37. The van der Waals surface area contributed by atoms with Crippen LogP contribution in [0.3, 0.4) is 0 Å². The van der Waals surface area contributed by atoms with E-state index < -0.39 is 0 Å². The fraction of sp³-hybridized carbons (Fsp3) is 0.526. The summed E-state index contributed by atoms with van der Waals surface area (Å²) in [7, 11) is 1.98. The van der Waals surface area contributed by atoms with E-state index in [1.54, 1.807) is 0 Å². The average molecular weight is 342 g/mol. The van der Waals surface area contributed by atoms with Gasteiger partial charge in [-0.05, 0) is 37.5 Å². The number of benzene rings is 1. The SMILES string of the molecule is CCCCC(=O)Nc1ccc2c(c1)nc(CCNC(=O)C1CC1)n2C. The van der Waals surface area contributed by atoms with Crippen molar-refractivity contribution >= 4 is 28.5 Å². The van der Waals surface area contributed by atoms with E-state index in [-0.39, 0.29) is 17.7 Å². The topological polar surface area (TPSA) is 76.0 Å². The molecule has 0 bridgehead atoms. The molecule has 1 aromatic heterocycles. The molecule has 1 saturated carbocycles. The average Bonchev–Trinajstić information content (AvgIpc) is 3.39. The summed E-state index contributed by atoms with van der Waals surface area (Å²) >= 11 is 0. The maximum Gasteiger partial charge on any atom is 0.224 e. The molecule has 0 unspecified atom stereocenters. The minimum Gasteiger partial charge on any atom is -0.355 e. The first-order valence-corrected chi connectivity index (χ1v) is 9.11. The second-order valence-electron chi connectivity index (χ2n) is 6.76. The van der Waals surface area contributed by atoms with Gasteiger partial charge in [-0.1, -0.05) is 13.3 Å². The predicted octanol–water partition coefficient (Wildman–Crippen LogP) is 2.77. The van der Waals surface area contributed by atoms with Crippen molar-refractivity contribution in [2.75, 3.05) is 11.9 Å². The fourth-order valence-electron chi connectivity index (χ4n) is 2.90. The molecule has 6 heteroatoms. The molecule has 0 radical (unpaired) electrons. The van der Waals surface area contributed by atoms with Crippen molar-refractivity contribution in [1.29, 1.82) is 0 Å². The van der Waals surface area contributed by atoms with Gasteiger partial charge < -0.3 is 15.2 Å². The monoisotopic (exact) mass is 342 g/mol. The summed E-state index contributed by atoms with van der Waals surface area (Å²) in [4.78, 5) is 28.2. The summed E-state index contributed by atoms with van der Waals surface area (Å²) in [6.45, 7) is 2.68. The molecule has 134 valence electrons. The van der Waals surface area contributed by atoms with Crippen molar-refractivity contribution in [1.82, 2.24) is 14.9 Å². The van der Waals surface area contributed by atoms with Crippen LogP contribution in [0.2, 0.25) is 0 Å². The van der Waals surface area contributed by atoms with E-state index in [4.69, 9.17) is 0 Å². The van der Waals surface area contributed by atoms with Crippen molar-refractivity contribution in [3.63, 3.8) is 0 Å². The third-order valence-electron chi connectivity index (χ3n) is 4.61. The van der Waals surface area contributed by atoms with Gasteiger partial charge in [0.2, 0.25) is 11.8 Å². The summed E-state index contributed by atoms with van der Waals surface area (Å²) in [5.74, 6) is 1.37. The number of carbonyl (C=O) groups is 2. The first-order chi connectivity index (χ1) is 12.1. The van der Waals surface area contributed by atoms with Gasteiger partial charge in [0.25, 0.3) is 0 Å². The number of nitrogens with zero attached hydrogens (tertiary/aromatic N) is 2. The standard InChI is InChI=1S/C19H26N4O2/c1-3-4-5-18(24)21-14-8-9-16-15(12-14)22-17(23(16)2)10-11-20-19(25)13-6-7-13/h8-9,12-13H,3-7,10-11H2,1-2H3,(H,20,25)(H,21,24). The van der Waals surface area contributed by atoms with Gasteiger partial charge in [-0.2, -0.15) is 0 Å². The molecule has 2 N–H and O–H groups in total. The smallest absolute Gasteiger partial charge is 0.224 e. The minimum absolute atomic E-state index is 0.0418. The number of hydrogen-bond donors (Lipinski definition) is 2. The Morgan fingerprint density at radius 2 is 2.12 bits per heavy atom. The number of unbranched alkanes of at least 4 members (excludes halogenated alkanes) is 1. The lowest BCUT2D eigenvalue weighted by Crippen LogP contribution is -2.27. The molecule has 2 aromatic rings. The number of anilines is 1. The van der Waals surface area contributed by atoms with Crippen LogP contribution >= 0.6 is 0 Å². The van der Waals surface area contributed by atoms with E-state index in [1.165, 1.54) is 0 Å². The summed E-state index contributed by atoms with van der Waals surface area (Å²) in [5, 5.41) is 5.90. The normalized spacial score (nSPS) is 13.8. The molecule has 6 nitrogen and oxygen atoms in total. The van der Waals surface area contributed by atoms with Crippen LogP contribution in [0.5, 0.6) is 0 Å². The van der Waals surface area contributed by atoms with Gasteiger partial charge in [0, 0.05) is 38.0 Å². The number of nitrogens with one attached hydrogen (secondary N) is 2. The van der Waals surface area contributed by atoms with Crippen LogP contribution in [-0.4, -0.2) is 27.9 Å². The largest absolute Gasteiger partial charge is 0.355 e. The lowest BCUT2D eigenvalue weighted by Gasteiger charge is -2.05. The molecule has 0 aliphatic heterocycles. The Kier molecular flexibility index (Phi) is 5.36. The van der Waals surface area contributed by atoms with Crippen molar-refractivity contribution in [2.45, 2.75) is 45.4 Å². The van der Waals surface area contributed by atoms with Gasteiger partial charge in [-0.3, -0.25) is 9.59 Å².